The monoisotopic (exact) mass is 159 g/mol. The molecule has 10 heavy (non-hydrogen) atoms. The average molecular weight is 159 g/mol. The van der Waals surface area contributed by atoms with Crippen LogP contribution >= 0.6 is 12.2 Å². The van der Waals surface area contributed by atoms with Crippen LogP contribution in [0.3, 0.4) is 0 Å². The Balaban J connectivity index is 2.72. The predicted molar refractivity (Wildman–Crippen MR) is 40.9 cm³/mol. The van der Waals surface area contributed by atoms with Crippen molar-refractivity contribution in [2.45, 2.75) is 19.9 Å². The van der Waals surface area contributed by atoms with Crippen LogP contribution in [0, 0.1) is 0 Å². The van der Waals surface area contributed by atoms with Crippen molar-refractivity contribution >= 4 is 23.3 Å². The minimum Gasteiger partial charge on any atom is -0.447 e. The van der Waals surface area contributed by atoms with Gasteiger partial charge in [-0.3, -0.25) is 4.90 Å². The van der Waals surface area contributed by atoms with Gasteiger partial charge in [-0.25, -0.2) is 4.79 Å². The van der Waals surface area contributed by atoms with Gasteiger partial charge < -0.3 is 4.74 Å². The summed E-state index contributed by atoms with van der Waals surface area (Å²) in [4.78, 5) is 12.9. The first-order chi connectivity index (χ1) is 4.63. The largest absolute Gasteiger partial charge is 0.447 e. The number of cyclic esters (lactones) is 1. The molecule has 1 heterocycles. The maximum Gasteiger partial charge on any atom is 0.415 e. The van der Waals surface area contributed by atoms with Crippen molar-refractivity contribution in [1.82, 2.24) is 4.90 Å². The van der Waals surface area contributed by atoms with Crippen molar-refractivity contribution in [3.63, 3.8) is 0 Å². The lowest BCUT2D eigenvalue weighted by molar-refractivity contribution is 0.169. The fourth-order valence-electron chi connectivity index (χ4n) is 0.955. The van der Waals surface area contributed by atoms with Crippen molar-refractivity contribution in [1.29, 1.82) is 0 Å². The van der Waals surface area contributed by atoms with E-state index in [1.807, 2.05) is 6.92 Å². The molecule has 0 aromatic rings. The van der Waals surface area contributed by atoms with Gasteiger partial charge in [0.05, 0.1) is 11.0 Å². The molecule has 3 nitrogen and oxygen atoms in total. The normalized spacial score (nSPS) is 24.8. The highest BCUT2D eigenvalue weighted by Gasteiger charge is 2.30. The van der Waals surface area contributed by atoms with E-state index < -0.39 is 0 Å². The van der Waals surface area contributed by atoms with E-state index in [1.54, 1.807) is 6.92 Å². The van der Waals surface area contributed by atoms with E-state index in [0.717, 1.165) is 0 Å². The third-order valence-corrected chi connectivity index (χ3v) is 1.62. The molecule has 0 aromatic heterocycles. The van der Waals surface area contributed by atoms with Gasteiger partial charge in [-0.1, -0.05) is 12.2 Å². The standard InChI is InChI=1S/C6H9NO2S/c1-4-3-9-6(8)7(4)5(2)10/h4H,3H2,1-2H3. The average Bonchev–Trinajstić information content (AvgIpc) is 2.11. The summed E-state index contributed by atoms with van der Waals surface area (Å²) in [6.45, 7) is 4.08. The van der Waals surface area contributed by atoms with E-state index in [9.17, 15) is 4.79 Å². The molecule has 0 bridgehead atoms. The van der Waals surface area contributed by atoms with Crippen LogP contribution in [0.15, 0.2) is 0 Å². The number of carbonyl (C=O) groups excluding carboxylic acids is 1. The lowest BCUT2D eigenvalue weighted by atomic mass is 10.3. The Morgan fingerprint density at radius 3 is 2.70 bits per heavy atom. The summed E-state index contributed by atoms with van der Waals surface area (Å²) in [5.41, 5.74) is 0. The summed E-state index contributed by atoms with van der Waals surface area (Å²) < 4.78 is 4.74. The summed E-state index contributed by atoms with van der Waals surface area (Å²) >= 11 is 4.83. The number of thiocarbonyl (C=S) groups is 1. The van der Waals surface area contributed by atoms with E-state index >= 15 is 0 Å². The van der Waals surface area contributed by atoms with Crippen LogP contribution in [0.4, 0.5) is 4.79 Å². The van der Waals surface area contributed by atoms with Crippen LogP contribution in [-0.2, 0) is 4.74 Å². The van der Waals surface area contributed by atoms with Crippen LogP contribution in [-0.4, -0.2) is 28.6 Å². The first-order valence-electron chi connectivity index (χ1n) is 3.09. The molecular weight excluding hydrogens is 150 g/mol. The van der Waals surface area contributed by atoms with Crippen LogP contribution in [0.5, 0.6) is 0 Å². The van der Waals surface area contributed by atoms with Crippen LogP contribution in [0.2, 0.25) is 0 Å². The molecule has 1 saturated heterocycles. The van der Waals surface area contributed by atoms with Crippen molar-refractivity contribution in [3.8, 4) is 0 Å². The molecule has 1 fully saturated rings. The first kappa shape index (κ1) is 7.47. The minimum absolute atomic E-state index is 0.102. The van der Waals surface area contributed by atoms with Crippen molar-refractivity contribution in [3.05, 3.63) is 0 Å². The quantitative estimate of drug-likeness (QED) is 0.497. The Morgan fingerprint density at radius 2 is 2.50 bits per heavy atom. The number of hydrogen-bond donors (Lipinski definition) is 0. The summed E-state index contributed by atoms with van der Waals surface area (Å²) in [6.07, 6.45) is -0.319. The van der Waals surface area contributed by atoms with Gasteiger partial charge in [0.2, 0.25) is 0 Å². The molecule has 0 aliphatic carbocycles. The molecule has 56 valence electrons. The van der Waals surface area contributed by atoms with E-state index in [4.69, 9.17) is 17.0 Å². The fourth-order valence-corrected chi connectivity index (χ4v) is 1.21. The van der Waals surface area contributed by atoms with Gasteiger partial charge >= 0.3 is 6.09 Å². The lowest BCUT2D eigenvalue weighted by Gasteiger charge is -2.14. The second-order valence-corrected chi connectivity index (χ2v) is 2.91. The number of rotatable bonds is 0. The van der Waals surface area contributed by atoms with Crippen molar-refractivity contribution in [2.24, 2.45) is 0 Å². The summed E-state index contributed by atoms with van der Waals surface area (Å²) in [5.74, 6) is 0. The number of amides is 1. The molecule has 1 aliphatic rings. The summed E-state index contributed by atoms with van der Waals surface area (Å²) in [7, 11) is 0. The van der Waals surface area contributed by atoms with Gasteiger partial charge in [0.15, 0.2) is 0 Å². The van der Waals surface area contributed by atoms with E-state index in [0.29, 0.717) is 11.6 Å². The molecule has 1 unspecified atom stereocenters. The van der Waals surface area contributed by atoms with Crippen molar-refractivity contribution in [2.75, 3.05) is 6.61 Å². The van der Waals surface area contributed by atoms with E-state index in [-0.39, 0.29) is 12.1 Å². The molecule has 0 radical (unpaired) electrons. The zero-order valence-electron chi connectivity index (χ0n) is 5.96. The number of hydrogen-bond acceptors (Lipinski definition) is 3. The molecule has 1 atom stereocenters. The maximum atomic E-state index is 10.8. The van der Waals surface area contributed by atoms with Gasteiger partial charge in [-0.2, -0.15) is 0 Å². The minimum atomic E-state index is -0.319. The lowest BCUT2D eigenvalue weighted by Crippen LogP contribution is -2.34. The third kappa shape index (κ3) is 1.11. The molecule has 1 rings (SSSR count). The molecule has 0 spiro atoms. The fraction of sp³-hybridized carbons (Fsp3) is 0.667. The highest BCUT2D eigenvalue weighted by atomic mass is 32.1. The van der Waals surface area contributed by atoms with Crippen LogP contribution < -0.4 is 0 Å². The molecule has 1 amide bonds. The SMILES string of the molecule is CC(=S)N1C(=O)OCC1C. The molecule has 1 aliphatic heterocycles. The molecule has 0 saturated carbocycles. The molecular formula is C6H9NO2S. The van der Waals surface area contributed by atoms with Crippen molar-refractivity contribution < 1.29 is 9.53 Å². The molecule has 4 heteroatoms. The van der Waals surface area contributed by atoms with Gasteiger partial charge in [-0.05, 0) is 13.8 Å². The van der Waals surface area contributed by atoms with E-state index in [2.05, 4.69) is 0 Å². The smallest absolute Gasteiger partial charge is 0.415 e. The topological polar surface area (TPSA) is 29.5 Å². The summed E-state index contributed by atoms with van der Waals surface area (Å²) in [5, 5.41) is 0. The Labute approximate surface area is 65.0 Å². The third-order valence-electron chi connectivity index (χ3n) is 1.42. The second kappa shape index (κ2) is 2.54. The molecule has 0 N–H and O–H groups in total. The van der Waals surface area contributed by atoms with E-state index in [1.165, 1.54) is 4.90 Å². The Bertz CT molecular complexity index is 181. The van der Waals surface area contributed by atoms with Gasteiger partial charge in [0.25, 0.3) is 0 Å². The second-order valence-electron chi connectivity index (χ2n) is 2.31. The highest BCUT2D eigenvalue weighted by molar-refractivity contribution is 7.80. The first-order valence-corrected chi connectivity index (χ1v) is 3.50. The summed E-state index contributed by atoms with van der Waals surface area (Å²) in [6, 6.07) is 0.102. The maximum absolute atomic E-state index is 10.8. The Hall–Kier alpha value is -0.640. The predicted octanol–water partition coefficient (Wildman–Crippen LogP) is 1.17. The number of ether oxygens (including phenoxy) is 1. The van der Waals surface area contributed by atoms with Gasteiger partial charge in [-0.15, -0.1) is 0 Å². The highest BCUT2D eigenvalue weighted by Crippen LogP contribution is 2.11. The van der Waals surface area contributed by atoms with Gasteiger partial charge in [0.1, 0.15) is 6.61 Å². The van der Waals surface area contributed by atoms with Crippen LogP contribution in [0.25, 0.3) is 0 Å². The number of nitrogens with zero attached hydrogens (tertiary/aromatic N) is 1. The molecule has 0 aromatic carbocycles. The zero-order valence-corrected chi connectivity index (χ0v) is 6.77. The van der Waals surface area contributed by atoms with Crippen LogP contribution in [0.1, 0.15) is 13.8 Å². The Kier molecular flexibility index (Phi) is 1.89. The number of carbonyl (C=O) groups is 1. The zero-order chi connectivity index (χ0) is 7.72. The Morgan fingerprint density at radius 1 is 1.90 bits per heavy atom. The van der Waals surface area contributed by atoms with Gasteiger partial charge in [0, 0.05) is 0 Å².